The molecule has 0 bridgehead atoms. The molecular weight excluding hydrogens is 244 g/mol. The first-order valence-electron chi connectivity index (χ1n) is 8.75. The molecule has 0 spiro atoms. The SMILES string of the molecule is CC12CC=C3C(CC[C@H]4CC(=O)CCC34C)C1CCC2. The second-order valence-electron chi connectivity index (χ2n) is 8.56. The van der Waals surface area contributed by atoms with E-state index in [1.807, 2.05) is 0 Å². The summed E-state index contributed by atoms with van der Waals surface area (Å²) in [4.78, 5) is 11.8. The van der Waals surface area contributed by atoms with E-state index in [4.69, 9.17) is 0 Å². The molecule has 1 heteroatoms. The average molecular weight is 272 g/mol. The third-order valence-electron chi connectivity index (χ3n) is 7.62. The van der Waals surface area contributed by atoms with Gasteiger partial charge < -0.3 is 0 Å². The van der Waals surface area contributed by atoms with Crippen molar-refractivity contribution in [1.29, 1.82) is 0 Å². The van der Waals surface area contributed by atoms with E-state index in [0.29, 0.717) is 22.5 Å². The molecule has 0 aliphatic heterocycles. The Labute approximate surface area is 123 Å². The van der Waals surface area contributed by atoms with Crippen molar-refractivity contribution < 1.29 is 4.79 Å². The van der Waals surface area contributed by atoms with E-state index < -0.39 is 0 Å². The quantitative estimate of drug-likeness (QED) is 0.573. The fourth-order valence-corrected chi connectivity index (χ4v) is 6.31. The first-order valence-corrected chi connectivity index (χ1v) is 8.75. The van der Waals surface area contributed by atoms with Crippen LogP contribution >= 0.6 is 0 Å². The van der Waals surface area contributed by atoms with E-state index in [1.165, 1.54) is 38.5 Å². The predicted octanol–water partition coefficient (Wildman–Crippen LogP) is 4.91. The van der Waals surface area contributed by atoms with E-state index in [9.17, 15) is 4.79 Å². The number of ketones is 1. The summed E-state index contributed by atoms with van der Waals surface area (Å²) >= 11 is 0. The minimum Gasteiger partial charge on any atom is -0.300 e. The average Bonchev–Trinajstić information content (AvgIpc) is 2.81. The van der Waals surface area contributed by atoms with E-state index >= 15 is 0 Å². The molecule has 5 atom stereocenters. The Hall–Kier alpha value is -0.590. The number of carbonyl (C=O) groups is 1. The number of hydrogen-bond donors (Lipinski definition) is 0. The van der Waals surface area contributed by atoms with Gasteiger partial charge in [0, 0.05) is 12.8 Å². The maximum Gasteiger partial charge on any atom is 0.133 e. The maximum atomic E-state index is 11.8. The first kappa shape index (κ1) is 13.1. The van der Waals surface area contributed by atoms with Gasteiger partial charge in [0.2, 0.25) is 0 Å². The van der Waals surface area contributed by atoms with E-state index in [0.717, 1.165) is 31.1 Å². The van der Waals surface area contributed by atoms with Crippen LogP contribution in [0.5, 0.6) is 0 Å². The maximum absolute atomic E-state index is 11.8. The van der Waals surface area contributed by atoms with Crippen LogP contribution in [0.3, 0.4) is 0 Å². The van der Waals surface area contributed by atoms with Crippen molar-refractivity contribution in [2.45, 2.75) is 71.6 Å². The molecule has 0 heterocycles. The van der Waals surface area contributed by atoms with Gasteiger partial charge in [-0.2, -0.15) is 0 Å². The van der Waals surface area contributed by atoms with Gasteiger partial charge in [-0.25, -0.2) is 0 Å². The Kier molecular flexibility index (Phi) is 2.76. The number of allylic oxidation sites excluding steroid dienone is 2. The predicted molar refractivity (Wildman–Crippen MR) is 81.3 cm³/mol. The molecule has 4 aliphatic carbocycles. The van der Waals surface area contributed by atoms with Crippen LogP contribution in [0, 0.1) is 28.6 Å². The fourth-order valence-electron chi connectivity index (χ4n) is 6.31. The van der Waals surface area contributed by atoms with Crippen molar-refractivity contribution in [3.8, 4) is 0 Å². The third kappa shape index (κ3) is 1.64. The lowest BCUT2D eigenvalue weighted by atomic mass is 9.49. The Morgan fingerprint density at radius 3 is 2.85 bits per heavy atom. The minimum atomic E-state index is 0.362. The number of Topliss-reactive ketones (excluding diaryl/α,β-unsaturated/α-hetero) is 1. The van der Waals surface area contributed by atoms with Gasteiger partial charge in [0.15, 0.2) is 0 Å². The Morgan fingerprint density at radius 1 is 1.15 bits per heavy atom. The summed E-state index contributed by atoms with van der Waals surface area (Å²) in [5.41, 5.74) is 2.74. The zero-order valence-corrected chi connectivity index (χ0v) is 13.1. The molecule has 20 heavy (non-hydrogen) atoms. The van der Waals surface area contributed by atoms with Gasteiger partial charge in [-0.3, -0.25) is 4.79 Å². The molecule has 0 N–H and O–H groups in total. The Balaban J connectivity index is 1.71. The fraction of sp³-hybridized carbons (Fsp3) is 0.842. The Morgan fingerprint density at radius 2 is 2.00 bits per heavy atom. The molecule has 110 valence electrons. The molecule has 0 radical (unpaired) electrons. The van der Waals surface area contributed by atoms with Crippen molar-refractivity contribution in [3.63, 3.8) is 0 Å². The first-order chi connectivity index (χ1) is 9.53. The second-order valence-corrected chi connectivity index (χ2v) is 8.56. The highest BCUT2D eigenvalue weighted by atomic mass is 16.1. The second kappa shape index (κ2) is 4.21. The molecule has 0 saturated heterocycles. The van der Waals surface area contributed by atoms with Crippen LogP contribution in [-0.2, 0) is 4.79 Å². The number of fused-ring (bicyclic) bond motifs is 5. The number of carbonyl (C=O) groups excluding carboxylic acids is 1. The van der Waals surface area contributed by atoms with Gasteiger partial charge in [-0.15, -0.1) is 0 Å². The lowest BCUT2D eigenvalue weighted by molar-refractivity contribution is -0.125. The lowest BCUT2D eigenvalue weighted by Crippen LogP contribution is -2.47. The zero-order chi connectivity index (χ0) is 14.0. The molecule has 0 aromatic heterocycles. The van der Waals surface area contributed by atoms with Crippen molar-refractivity contribution >= 4 is 5.78 Å². The minimum absolute atomic E-state index is 0.362. The standard InChI is InChI=1S/C19H28O/c1-18-9-3-4-16(18)15-6-5-13-12-14(20)7-11-19(13,2)17(15)8-10-18/h8,13,15-16H,3-7,9-12H2,1-2H3/t13-,15?,16?,18?,19?/m0/s1. The van der Waals surface area contributed by atoms with Crippen molar-refractivity contribution in [2.24, 2.45) is 28.6 Å². The van der Waals surface area contributed by atoms with Crippen LogP contribution in [-0.4, -0.2) is 5.78 Å². The summed E-state index contributed by atoms with van der Waals surface area (Å²) < 4.78 is 0. The van der Waals surface area contributed by atoms with Crippen LogP contribution in [0.1, 0.15) is 71.6 Å². The topological polar surface area (TPSA) is 17.1 Å². The van der Waals surface area contributed by atoms with E-state index in [1.54, 1.807) is 5.57 Å². The van der Waals surface area contributed by atoms with Crippen LogP contribution in [0.15, 0.2) is 11.6 Å². The van der Waals surface area contributed by atoms with Crippen LogP contribution in [0.25, 0.3) is 0 Å². The van der Waals surface area contributed by atoms with Crippen LogP contribution in [0.2, 0.25) is 0 Å². The van der Waals surface area contributed by atoms with Gasteiger partial charge in [0.25, 0.3) is 0 Å². The summed E-state index contributed by atoms with van der Waals surface area (Å²) in [6.45, 7) is 5.02. The highest BCUT2D eigenvalue weighted by Crippen LogP contribution is 2.63. The molecule has 0 aromatic rings. The van der Waals surface area contributed by atoms with Crippen molar-refractivity contribution in [2.75, 3.05) is 0 Å². The molecular formula is C19H28O. The zero-order valence-electron chi connectivity index (χ0n) is 13.1. The van der Waals surface area contributed by atoms with E-state index in [2.05, 4.69) is 19.9 Å². The van der Waals surface area contributed by atoms with Crippen LogP contribution < -0.4 is 0 Å². The van der Waals surface area contributed by atoms with Gasteiger partial charge in [0.05, 0.1) is 0 Å². The molecule has 4 aliphatic rings. The van der Waals surface area contributed by atoms with Gasteiger partial charge >= 0.3 is 0 Å². The normalized spacial score (nSPS) is 51.0. The highest BCUT2D eigenvalue weighted by molar-refractivity contribution is 5.80. The molecule has 3 fully saturated rings. The van der Waals surface area contributed by atoms with E-state index in [-0.39, 0.29) is 0 Å². The molecule has 4 unspecified atom stereocenters. The Bertz CT molecular complexity index is 476. The summed E-state index contributed by atoms with van der Waals surface area (Å²) in [6, 6.07) is 0. The third-order valence-corrected chi connectivity index (χ3v) is 7.62. The summed E-state index contributed by atoms with van der Waals surface area (Å²) in [7, 11) is 0. The van der Waals surface area contributed by atoms with Gasteiger partial charge in [0.1, 0.15) is 5.78 Å². The summed E-state index contributed by atoms with van der Waals surface area (Å²) in [5, 5.41) is 0. The molecule has 1 nitrogen and oxygen atoms in total. The number of hydrogen-bond acceptors (Lipinski definition) is 1. The lowest BCUT2D eigenvalue weighted by Gasteiger charge is -2.55. The van der Waals surface area contributed by atoms with Crippen molar-refractivity contribution in [1.82, 2.24) is 0 Å². The van der Waals surface area contributed by atoms with Gasteiger partial charge in [-0.05, 0) is 67.1 Å². The van der Waals surface area contributed by atoms with Gasteiger partial charge in [-0.1, -0.05) is 31.9 Å². The largest absolute Gasteiger partial charge is 0.300 e. The summed E-state index contributed by atoms with van der Waals surface area (Å²) in [5.74, 6) is 2.97. The molecule has 0 aromatic carbocycles. The number of rotatable bonds is 0. The summed E-state index contributed by atoms with van der Waals surface area (Å²) in [6.07, 6.45) is 13.8. The smallest absolute Gasteiger partial charge is 0.133 e. The monoisotopic (exact) mass is 272 g/mol. The molecule has 3 saturated carbocycles. The molecule has 0 amide bonds. The molecule has 4 rings (SSSR count). The van der Waals surface area contributed by atoms with Crippen molar-refractivity contribution in [3.05, 3.63) is 11.6 Å². The highest BCUT2D eigenvalue weighted by Gasteiger charge is 2.54. The van der Waals surface area contributed by atoms with Crippen LogP contribution in [0.4, 0.5) is 0 Å².